The largest absolute Gasteiger partial charge is 0.316 e. The predicted molar refractivity (Wildman–Crippen MR) is 90.3 cm³/mol. The summed E-state index contributed by atoms with van der Waals surface area (Å²) in [5, 5.41) is 3.67. The maximum Gasteiger partial charge on any atom is 0.00109 e. The second kappa shape index (κ2) is 9.18. The van der Waals surface area contributed by atoms with Gasteiger partial charge in [-0.2, -0.15) is 0 Å². The Morgan fingerprint density at radius 2 is 1.90 bits per heavy atom. The van der Waals surface area contributed by atoms with Gasteiger partial charge in [0, 0.05) is 6.54 Å². The second-order valence-corrected chi connectivity index (χ2v) is 6.30. The molecule has 0 saturated carbocycles. The van der Waals surface area contributed by atoms with Crippen LogP contribution < -0.4 is 5.32 Å². The zero-order valence-electron chi connectivity index (χ0n) is 14.0. The summed E-state index contributed by atoms with van der Waals surface area (Å²) in [5.74, 6) is 0. The Morgan fingerprint density at radius 1 is 1.10 bits per heavy atom. The number of rotatable bonds is 10. The average molecular weight is 275 g/mol. The predicted octanol–water partition coefficient (Wildman–Crippen LogP) is 5.12. The van der Waals surface area contributed by atoms with E-state index < -0.39 is 0 Å². The van der Waals surface area contributed by atoms with Crippen LogP contribution in [0.1, 0.15) is 64.0 Å². The second-order valence-electron chi connectivity index (χ2n) is 6.30. The van der Waals surface area contributed by atoms with E-state index in [1.165, 1.54) is 49.7 Å². The Bertz CT molecular complexity index is 372. The summed E-state index contributed by atoms with van der Waals surface area (Å²) in [7, 11) is 0. The first-order chi connectivity index (χ1) is 9.65. The molecule has 0 amide bonds. The van der Waals surface area contributed by atoms with Gasteiger partial charge in [-0.3, -0.25) is 0 Å². The maximum atomic E-state index is 3.67. The molecule has 1 unspecified atom stereocenters. The van der Waals surface area contributed by atoms with E-state index in [9.17, 15) is 0 Å². The third-order valence-corrected chi connectivity index (χ3v) is 4.40. The molecule has 0 fully saturated rings. The first-order valence-electron chi connectivity index (χ1n) is 8.42. The normalized spacial score (nSPS) is 14.2. The molecule has 0 aliphatic heterocycles. The monoisotopic (exact) mass is 275 g/mol. The van der Waals surface area contributed by atoms with Gasteiger partial charge >= 0.3 is 0 Å². The van der Waals surface area contributed by atoms with Crippen molar-refractivity contribution in [2.45, 2.75) is 66.2 Å². The Kier molecular flexibility index (Phi) is 7.91. The van der Waals surface area contributed by atoms with Crippen molar-refractivity contribution in [1.29, 1.82) is 0 Å². The minimum absolute atomic E-state index is 0.430. The van der Waals surface area contributed by atoms with Gasteiger partial charge in [-0.1, -0.05) is 63.4 Å². The van der Waals surface area contributed by atoms with Gasteiger partial charge in [0.25, 0.3) is 0 Å². The highest BCUT2D eigenvalue weighted by Gasteiger charge is 2.27. The molecule has 1 heteroatoms. The van der Waals surface area contributed by atoms with Crippen molar-refractivity contribution < 1.29 is 0 Å². The van der Waals surface area contributed by atoms with Gasteiger partial charge in [-0.05, 0) is 50.1 Å². The highest BCUT2D eigenvalue weighted by atomic mass is 14.9. The van der Waals surface area contributed by atoms with Gasteiger partial charge in [-0.15, -0.1) is 0 Å². The molecule has 0 aliphatic carbocycles. The topological polar surface area (TPSA) is 12.0 Å². The standard InChI is InChI=1S/C19H33N/c1-5-8-12-19(7-3,16-20-13-6-2)15-18-11-9-10-17(4)14-18/h9-11,14,20H,5-8,12-13,15-16H2,1-4H3. The zero-order chi connectivity index (χ0) is 14.8. The van der Waals surface area contributed by atoms with Crippen molar-refractivity contribution in [2.24, 2.45) is 5.41 Å². The van der Waals surface area contributed by atoms with Gasteiger partial charge in [0.05, 0.1) is 0 Å². The lowest BCUT2D eigenvalue weighted by molar-refractivity contribution is 0.229. The van der Waals surface area contributed by atoms with Crippen LogP contribution in [0.5, 0.6) is 0 Å². The summed E-state index contributed by atoms with van der Waals surface area (Å²) >= 11 is 0. The van der Waals surface area contributed by atoms with Gasteiger partial charge < -0.3 is 5.32 Å². The summed E-state index contributed by atoms with van der Waals surface area (Å²) in [5.41, 5.74) is 3.31. The van der Waals surface area contributed by atoms with Crippen LogP contribution in [0.2, 0.25) is 0 Å². The SMILES string of the molecule is CCCCC(CC)(CNCCC)Cc1cccc(C)c1. The van der Waals surface area contributed by atoms with E-state index >= 15 is 0 Å². The van der Waals surface area contributed by atoms with E-state index in [4.69, 9.17) is 0 Å². The van der Waals surface area contributed by atoms with Crippen LogP contribution in [-0.2, 0) is 6.42 Å². The Balaban J connectivity index is 2.78. The van der Waals surface area contributed by atoms with Gasteiger partial charge in [0.15, 0.2) is 0 Å². The van der Waals surface area contributed by atoms with E-state index in [2.05, 4.69) is 57.3 Å². The summed E-state index contributed by atoms with van der Waals surface area (Å²) in [4.78, 5) is 0. The first-order valence-corrected chi connectivity index (χ1v) is 8.42. The highest BCUT2D eigenvalue weighted by Crippen LogP contribution is 2.32. The van der Waals surface area contributed by atoms with Gasteiger partial charge in [0.2, 0.25) is 0 Å². The Morgan fingerprint density at radius 3 is 2.50 bits per heavy atom. The molecule has 20 heavy (non-hydrogen) atoms. The van der Waals surface area contributed by atoms with Crippen LogP contribution in [0.25, 0.3) is 0 Å². The molecule has 0 spiro atoms. The summed E-state index contributed by atoms with van der Waals surface area (Å²) in [6, 6.07) is 9.04. The number of hydrogen-bond acceptors (Lipinski definition) is 1. The van der Waals surface area contributed by atoms with Crippen LogP contribution in [0.3, 0.4) is 0 Å². The van der Waals surface area contributed by atoms with E-state index in [0.29, 0.717) is 5.41 Å². The fourth-order valence-corrected chi connectivity index (χ4v) is 3.00. The minimum atomic E-state index is 0.430. The molecule has 0 saturated heterocycles. The molecular formula is C19H33N. The highest BCUT2D eigenvalue weighted by molar-refractivity contribution is 5.23. The van der Waals surface area contributed by atoms with E-state index in [-0.39, 0.29) is 0 Å². The van der Waals surface area contributed by atoms with E-state index in [0.717, 1.165) is 13.1 Å². The van der Waals surface area contributed by atoms with E-state index in [1.807, 2.05) is 0 Å². The molecule has 0 radical (unpaired) electrons. The summed E-state index contributed by atoms with van der Waals surface area (Å²) in [6.45, 7) is 11.4. The zero-order valence-corrected chi connectivity index (χ0v) is 14.0. The third kappa shape index (κ3) is 5.66. The van der Waals surface area contributed by atoms with Crippen molar-refractivity contribution in [1.82, 2.24) is 5.32 Å². The Hall–Kier alpha value is -0.820. The first kappa shape index (κ1) is 17.2. The van der Waals surface area contributed by atoms with Crippen molar-refractivity contribution in [3.8, 4) is 0 Å². The molecule has 1 nitrogen and oxygen atoms in total. The lowest BCUT2D eigenvalue weighted by Crippen LogP contribution is -2.36. The van der Waals surface area contributed by atoms with Crippen molar-refractivity contribution in [3.05, 3.63) is 35.4 Å². The number of nitrogens with one attached hydrogen (secondary N) is 1. The third-order valence-electron chi connectivity index (χ3n) is 4.40. The lowest BCUT2D eigenvalue weighted by Gasteiger charge is -2.34. The van der Waals surface area contributed by atoms with Crippen molar-refractivity contribution >= 4 is 0 Å². The summed E-state index contributed by atoms with van der Waals surface area (Å²) in [6.07, 6.45) is 7.67. The molecular weight excluding hydrogens is 242 g/mol. The van der Waals surface area contributed by atoms with Crippen LogP contribution in [0.15, 0.2) is 24.3 Å². The number of benzene rings is 1. The molecule has 1 aromatic rings. The van der Waals surface area contributed by atoms with Crippen LogP contribution >= 0.6 is 0 Å². The van der Waals surface area contributed by atoms with Crippen molar-refractivity contribution in [3.63, 3.8) is 0 Å². The quantitative estimate of drug-likeness (QED) is 0.584. The molecule has 0 bridgehead atoms. The molecule has 1 rings (SSSR count). The molecule has 1 N–H and O–H groups in total. The van der Waals surface area contributed by atoms with Gasteiger partial charge in [-0.25, -0.2) is 0 Å². The Labute approximate surface area is 126 Å². The van der Waals surface area contributed by atoms with Gasteiger partial charge in [0.1, 0.15) is 0 Å². The van der Waals surface area contributed by atoms with Crippen LogP contribution in [0.4, 0.5) is 0 Å². The molecule has 0 aromatic heterocycles. The van der Waals surface area contributed by atoms with Crippen LogP contribution in [0, 0.1) is 12.3 Å². The molecule has 0 aliphatic rings. The summed E-state index contributed by atoms with van der Waals surface area (Å²) < 4.78 is 0. The number of unbranched alkanes of at least 4 members (excludes halogenated alkanes) is 1. The smallest absolute Gasteiger partial charge is 0.00109 e. The minimum Gasteiger partial charge on any atom is -0.316 e. The fourth-order valence-electron chi connectivity index (χ4n) is 3.00. The van der Waals surface area contributed by atoms with Crippen LogP contribution in [-0.4, -0.2) is 13.1 Å². The number of hydrogen-bond donors (Lipinski definition) is 1. The fraction of sp³-hybridized carbons (Fsp3) is 0.684. The molecule has 1 atom stereocenters. The average Bonchev–Trinajstić information content (AvgIpc) is 2.45. The molecule has 0 heterocycles. The van der Waals surface area contributed by atoms with E-state index in [1.54, 1.807) is 0 Å². The molecule has 114 valence electrons. The lowest BCUT2D eigenvalue weighted by atomic mass is 9.75. The number of aryl methyl sites for hydroxylation is 1. The van der Waals surface area contributed by atoms with Crippen molar-refractivity contribution in [2.75, 3.05) is 13.1 Å². The maximum absolute atomic E-state index is 3.67. The molecule has 1 aromatic carbocycles.